The summed E-state index contributed by atoms with van der Waals surface area (Å²) in [6, 6.07) is 1.48. The minimum atomic E-state index is -4.90. The van der Waals surface area contributed by atoms with Crippen LogP contribution in [0.1, 0.15) is 48.7 Å². The van der Waals surface area contributed by atoms with Gasteiger partial charge in [0.1, 0.15) is 5.60 Å². The molecule has 1 N–H and O–H groups in total. The lowest BCUT2D eigenvalue weighted by Gasteiger charge is -2.23. The second-order valence-corrected chi connectivity index (χ2v) is 8.59. The molecule has 2 aromatic rings. The molecule has 1 aliphatic rings. The molecular weight excluding hydrogens is 454 g/mol. The van der Waals surface area contributed by atoms with Crippen LogP contribution in [0.4, 0.5) is 37.1 Å². The quantitative estimate of drug-likeness (QED) is 0.597. The van der Waals surface area contributed by atoms with Crippen molar-refractivity contribution < 1.29 is 35.9 Å². The van der Waals surface area contributed by atoms with Gasteiger partial charge in [0.05, 0.1) is 29.9 Å². The van der Waals surface area contributed by atoms with Gasteiger partial charge in [0, 0.05) is 18.3 Å². The molecule has 1 aliphatic heterocycles. The Kier molecular flexibility index (Phi) is 6.49. The Morgan fingerprint density at radius 3 is 2.18 bits per heavy atom. The maximum Gasteiger partial charge on any atom is 0.416 e. The van der Waals surface area contributed by atoms with Crippen molar-refractivity contribution >= 4 is 12.0 Å². The van der Waals surface area contributed by atoms with Crippen LogP contribution in [-0.2, 0) is 36.6 Å². The van der Waals surface area contributed by atoms with Gasteiger partial charge in [-0.2, -0.15) is 26.3 Å². The van der Waals surface area contributed by atoms with Crippen LogP contribution in [0.15, 0.2) is 24.4 Å². The smallest absolute Gasteiger partial charge is 0.416 e. The Balaban J connectivity index is 1.65. The number of ether oxygens (including phenoxy) is 1. The number of carbonyl (C=O) groups excluding carboxylic acids is 1. The number of hydrogen-bond donors (Lipinski definition) is 1. The molecule has 0 unspecified atom stereocenters. The Bertz CT molecular complexity index is 999. The third-order valence-corrected chi connectivity index (χ3v) is 4.65. The van der Waals surface area contributed by atoms with E-state index in [1.165, 1.54) is 11.1 Å². The summed E-state index contributed by atoms with van der Waals surface area (Å²) in [7, 11) is 0. The van der Waals surface area contributed by atoms with Crippen molar-refractivity contribution in [2.24, 2.45) is 0 Å². The van der Waals surface area contributed by atoms with Crippen LogP contribution in [0.5, 0.6) is 0 Å². The molecule has 0 fully saturated rings. The number of aromatic nitrogens is 2. The fraction of sp³-hybridized carbons (Fsp3) is 0.476. The molecule has 33 heavy (non-hydrogen) atoms. The molecule has 12 heteroatoms. The van der Waals surface area contributed by atoms with Crippen molar-refractivity contribution in [1.82, 2.24) is 14.9 Å². The van der Waals surface area contributed by atoms with E-state index in [2.05, 4.69) is 15.3 Å². The number of benzene rings is 1. The van der Waals surface area contributed by atoms with Crippen molar-refractivity contribution in [3.05, 3.63) is 52.3 Å². The molecule has 0 atom stereocenters. The highest BCUT2D eigenvalue weighted by Crippen LogP contribution is 2.36. The largest absolute Gasteiger partial charge is 0.444 e. The number of fused-ring (bicyclic) bond motifs is 1. The van der Waals surface area contributed by atoms with Crippen molar-refractivity contribution in [3.63, 3.8) is 0 Å². The van der Waals surface area contributed by atoms with Crippen molar-refractivity contribution in [2.45, 2.75) is 58.2 Å². The molecule has 0 radical (unpaired) electrons. The minimum Gasteiger partial charge on any atom is -0.444 e. The first-order valence-corrected chi connectivity index (χ1v) is 9.97. The van der Waals surface area contributed by atoms with Gasteiger partial charge < -0.3 is 10.1 Å². The first-order chi connectivity index (χ1) is 15.1. The summed E-state index contributed by atoms with van der Waals surface area (Å²) in [4.78, 5) is 22.1. The van der Waals surface area contributed by atoms with Crippen molar-refractivity contribution in [1.29, 1.82) is 0 Å². The van der Waals surface area contributed by atoms with Gasteiger partial charge in [0.2, 0.25) is 5.95 Å². The van der Waals surface area contributed by atoms with Gasteiger partial charge in [-0.1, -0.05) is 0 Å². The molecule has 180 valence electrons. The SMILES string of the molecule is CC(C)(C)OC(=O)N1Cc2cnc(NCCc3cc(C(F)(F)F)cc(C(F)(F)F)c3)nc2C1. The highest BCUT2D eigenvalue weighted by molar-refractivity contribution is 5.69. The van der Waals surface area contributed by atoms with Gasteiger partial charge in [-0.3, -0.25) is 4.90 Å². The fourth-order valence-corrected chi connectivity index (χ4v) is 3.18. The molecule has 1 aromatic carbocycles. The van der Waals surface area contributed by atoms with Gasteiger partial charge in [0.25, 0.3) is 0 Å². The van der Waals surface area contributed by atoms with Crippen LogP contribution in [0.2, 0.25) is 0 Å². The molecule has 3 rings (SSSR count). The normalized spacial score (nSPS) is 14.3. The number of rotatable bonds is 4. The van der Waals surface area contributed by atoms with Crippen LogP contribution in [0.3, 0.4) is 0 Å². The predicted octanol–water partition coefficient (Wildman–Crippen LogP) is 5.42. The number of nitrogens with zero attached hydrogens (tertiary/aromatic N) is 3. The molecule has 0 aliphatic carbocycles. The lowest BCUT2D eigenvalue weighted by Crippen LogP contribution is -2.33. The van der Waals surface area contributed by atoms with Crippen LogP contribution >= 0.6 is 0 Å². The zero-order valence-electron chi connectivity index (χ0n) is 18.1. The van der Waals surface area contributed by atoms with Crippen LogP contribution in [-0.4, -0.2) is 33.1 Å². The average Bonchev–Trinajstić information content (AvgIpc) is 3.09. The lowest BCUT2D eigenvalue weighted by molar-refractivity contribution is -0.143. The van der Waals surface area contributed by atoms with E-state index in [-0.39, 0.29) is 43.6 Å². The molecule has 0 saturated heterocycles. The predicted molar refractivity (Wildman–Crippen MR) is 106 cm³/mol. The number of amides is 1. The fourth-order valence-electron chi connectivity index (χ4n) is 3.18. The molecule has 2 heterocycles. The van der Waals surface area contributed by atoms with E-state index in [0.717, 1.165) is 5.56 Å². The molecule has 0 saturated carbocycles. The van der Waals surface area contributed by atoms with Crippen molar-refractivity contribution in [2.75, 3.05) is 11.9 Å². The number of carbonyl (C=O) groups is 1. The maximum absolute atomic E-state index is 13.0. The van der Waals surface area contributed by atoms with Gasteiger partial charge in [-0.25, -0.2) is 14.8 Å². The summed E-state index contributed by atoms with van der Waals surface area (Å²) < 4.78 is 83.3. The minimum absolute atomic E-state index is 0.00712. The van der Waals surface area contributed by atoms with E-state index in [0.29, 0.717) is 17.8 Å². The molecular formula is C21H22F6N4O2. The lowest BCUT2D eigenvalue weighted by atomic mass is 10.0. The Labute approximate surface area is 186 Å². The van der Waals surface area contributed by atoms with Gasteiger partial charge in [0.15, 0.2) is 0 Å². The zero-order chi connectivity index (χ0) is 24.6. The van der Waals surface area contributed by atoms with Crippen LogP contribution in [0, 0.1) is 0 Å². The van der Waals surface area contributed by atoms with Crippen LogP contribution in [0.25, 0.3) is 0 Å². The summed E-state index contributed by atoms with van der Waals surface area (Å²) in [6.07, 6.45) is -8.89. The molecule has 0 spiro atoms. The molecule has 1 aromatic heterocycles. The first kappa shape index (κ1) is 24.6. The third-order valence-electron chi connectivity index (χ3n) is 4.65. The Hall–Kier alpha value is -3.05. The monoisotopic (exact) mass is 476 g/mol. The molecule has 1 amide bonds. The summed E-state index contributed by atoms with van der Waals surface area (Å²) in [6.45, 7) is 5.72. The van der Waals surface area contributed by atoms with Crippen molar-refractivity contribution in [3.8, 4) is 0 Å². The van der Waals surface area contributed by atoms with Gasteiger partial charge in [-0.05, 0) is 51.0 Å². The maximum atomic E-state index is 13.0. The highest BCUT2D eigenvalue weighted by Gasteiger charge is 2.37. The molecule has 6 nitrogen and oxygen atoms in total. The zero-order valence-corrected chi connectivity index (χ0v) is 18.1. The highest BCUT2D eigenvalue weighted by atomic mass is 19.4. The summed E-state index contributed by atoms with van der Waals surface area (Å²) in [5.74, 6) is 0.155. The number of nitrogens with one attached hydrogen (secondary N) is 1. The number of alkyl halides is 6. The second kappa shape index (κ2) is 8.71. The number of halogens is 6. The summed E-state index contributed by atoms with van der Waals surface area (Å²) in [5, 5.41) is 2.80. The van der Waals surface area contributed by atoms with E-state index >= 15 is 0 Å². The van der Waals surface area contributed by atoms with E-state index in [4.69, 9.17) is 4.74 Å². The van der Waals surface area contributed by atoms with Gasteiger partial charge >= 0.3 is 18.4 Å². The van der Waals surface area contributed by atoms with E-state index in [1.807, 2.05) is 0 Å². The number of anilines is 1. The van der Waals surface area contributed by atoms with Crippen LogP contribution < -0.4 is 5.32 Å². The standard InChI is InChI=1S/C21H22F6N4O2/c1-19(2,3)33-18(32)31-10-13-9-29-17(30-16(13)11-31)28-5-4-12-6-14(20(22,23)24)8-15(7-12)21(25,26)27/h6-9H,4-5,10-11H2,1-3H3,(H,28,29,30). The average molecular weight is 476 g/mol. The Morgan fingerprint density at radius 1 is 1.03 bits per heavy atom. The summed E-state index contributed by atoms with van der Waals surface area (Å²) in [5.41, 5.74) is -2.19. The van der Waals surface area contributed by atoms with E-state index < -0.39 is 35.2 Å². The first-order valence-electron chi connectivity index (χ1n) is 9.97. The second-order valence-electron chi connectivity index (χ2n) is 8.59. The third kappa shape index (κ3) is 6.48. The number of hydrogen-bond acceptors (Lipinski definition) is 5. The van der Waals surface area contributed by atoms with Gasteiger partial charge in [-0.15, -0.1) is 0 Å². The topological polar surface area (TPSA) is 67.3 Å². The Morgan fingerprint density at radius 2 is 1.64 bits per heavy atom. The molecule has 0 bridgehead atoms. The summed E-state index contributed by atoms with van der Waals surface area (Å²) >= 11 is 0. The van der Waals surface area contributed by atoms with E-state index in [1.54, 1.807) is 20.8 Å². The van der Waals surface area contributed by atoms with E-state index in [9.17, 15) is 31.1 Å².